The number of carbonyl (C=O) groups excluding carboxylic acids is 2. The maximum Gasteiger partial charge on any atom is 0.159 e. The highest BCUT2D eigenvalue weighted by molar-refractivity contribution is 6.77. The van der Waals surface area contributed by atoms with E-state index in [1.165, 1.54) is 36.3 Å². The Labute approximate surface area is 206 Å². The average molecular weight is 481 g/mol. The summed E-state index contributed by atoms with van der Waals surface area (Å²) in [5, 5.41) is 0. The lowest BCUT2D eigenvalue weighted by Gasteiger charge is -2.35. The number of hydrogen-bond acceptors (Lipinski definition) is 5. The lowest BCUT2D eigenvalue weighted by atomic mass is 10.1. The van der Waals surface area contributed by atoms with Crippen LogP contribution in [0.1, 0.15) is 45.7 Å². The van der Waals surface area contributed by atoms with Crippen LogP contribution in [0.4, 0.5) is 0 Å². The molecule has 0 radical (unpaired) electrons. The molecule has 6 heteroatoms. The van der Waals surface area contributed by atoms with Gasteiger partial charge in [-0.25, -0.2) is 0 Å². The summed E-state index contributed by atoms with van der Waals surface area (Å²) in [5.74, 6) is 0.269. The molecule has 0 atom stereocenters. The van der Waals surface area contributed by atoms with E-state index in [1.54, 1.807) is 13.8 Å². The van der Waals surface area contributed by atoms with Crippen LogP contribution in [0.3, 0.4) is 0 Å². The molecule has 2 saturated heterocycles. The van der Waals surface area contributed by atoms with Crippen LogP contribution in [0.15, 0.2) is 48.5 Å². The van der Waals surface area contributed by atoms with Gasteiger partial charge in [0.05, 0.1) is 13.2 Å². The van der Waals surface area contributed by atoms with Gasteiger partial charge < -0.3 is 4.74 Å². The van der Waals surface area contributed by atoms with E-state index in [2.05, 4.69) is 35.0 Å². The van der Waals surface area contributed by atoms with Crippen molar-refractivity contribution in [2.24, 2.45) is 0 Å². The van der Waals surface area contributed by atoms with Crippen LogP contribution in [-0.2, 0) is 17.8 Å². The van der Waals surface area contributed by atoms with Crippen LogP contribution in [0.5, 0.6) is 0 Å². The van der Waals surface area contributed by atoms with Crippen molar-refractivity contribution >= 4 is 19.6 Å². The number of Topliss-reactive ketones (excluding diaryl/α,β-unsaturated/α-hetero) is 2. The molecule has 2 aromatic rings. The smallest absolute Gasteiger partial charge is 0.159 e. The molecule has 2 aliphatic heterocycles. The Balaban J connectivity index is 0.000000192. The monoisotopic (exact) mass is 480 g/mol. The van der Waals surface area contributed by atoms with Crippen molar-refractivity contribution < 1.29 is 14.3 Å². The second kappa shape index (κ2) is 12.5. The van der Waals surface area contributed by atoms with E-state index < -0.39 is 8.07 Å². The van der Waals surface area contributed by atoms with Gasteiger partial charge in [0.25, 0.3) is 0 Å². The van der Waals surface area contributed by atoms with Gasteiger partial charge in [0.2, 0.25) is 0 Å². The predicted molar refractivity (Wildman–Crippen MR) is 141 cm³/mol. The summed E-state index contributed by atoms with van der Waals surface area (Å²) in [4.78, 5) is 27.2. The third-order valence-electron chi connectivity index (χ3n) is 6.85. The third kappa shape index (κ3) is 8.58. The molecule has 184 valence electrons. The van der Waals surface area contributed by atoms with Crippen LogP contribution in [0, 0.1) is 0 Å². The average Bonchev–Trinajstić information content (AvgIpc) is 2.82. The molecule has 2 aliphatic rings. The largest absolute Gasteiger partial charge is 0.379 e. The van der Waals surface area contributed by atoms with Crippen molar-refractivity contribution in [1.82, 2.24) is 9.80 Å². The lowest BCUT2D eigenvalue weighted by molar-refractivity contribution is 0.0342. The van der Waals surface area contributed by atoms with Gasteiger partial charge in [0.1, 0.15) is 0 Å². The number of rotatable bonds is 6. The van der Waals surface area contributed by atoms with E-state index in [0.29, 0.717) is 0 Å². The second-order valence-corrected chi connectivity index (χ2v) is 15.7. The molecular weight excluding hydrogens is 440 g/mol. The normalized spacial score (nSPS) is 18.6. The molecule has 5 nitrogen and oxygen atoms in total. The van der Waals surface area contributed by atoms with Gasteiger partial charge in [-0.15, -0.1) is 0 Å². The summed E-state index contributed by atoms with van der Waals surface area (Å²) in [5.41, 5.74) is 4.17. The number of benzene rings is 2. The molecule has 0 saturated carbocycles. The van der Waals surface area contributed by atoms with Crippen LogP contribution < -0.4 is 0 Å². The highest BCUT2D eigenvalue weighted by Crippen LogP contribution is 2.23. The molecule has 2 fully saturated rings. The molecule has 0 aliphatic carbocycles. The van der Waals surface area contributed by atoms with Gasteiger partial charge in [-0.1, -0.05) is 61.6 Å². The lowest BCUT2D eigenvalue weighted by Crippen LogP contribution is -2.42. The van der Waals surface area contributed by atoms with Gasteiger partial charge in [-0.05, 0) is 50.2 Å². The highest BCUT2D eigenvalue weighted by atomic mass is 28.3. The molecule has 0 unspecified atom stereocenters. The zero-order valence-corrected chi connectivity index (χ0v) is 22.3. The zero-order chi connectivity index (χ0) is 24.6. The number of carbonyl (C=O) groups is 2. The number of nitrogens with zero attached hydrogens (tertiary/aromatic N) is 2. The van der Waals surface area contributed by atoms with Crippen molar-refractivity contribution in [3.05, 3.63) is 70.8 Å². The summed E-state index contributed by atoms with van der Waals surface area (Å²) in [7, 11) is -0.860. The van der Waals surface area contributed by atoms with E-state index in [9.17, 15) is 9.59 Å². The van der Waals surface area contributed by atoms with Crippen LogP contribution >= 0.6 is 0 Å². The van der Waals surface area contributed by atoms with Crippen LogP contribution in [0.2, 0.25) is 25.2 Å². The number of morpholine rings is 1. The third-order valence-corrected chi connectivity index (χ3v) is 10.0. The SMILES string of the molecule is CC(=O)c1ccc(CN2CCOCC2)cc1.CC(=O)c1ccc(CN2CC[Si](C)(C)CC2)cc1. The molecule has 2 aromatic carbocycles. The van der Waals surface area contributed by atoms with Crippen molar-refractivity contribution in [1.29, 1.82) is 0 Å². The number of hydrogen-bond donors (Lipinski definition) is 0. The second-order valence-electron chi connectivity index (χ2n) is 10.3. The summed E-state index contributed by atoms with van der Waals surface area (Å²) in [6, 6.07) is 18.8. The first-order valence-corrected chi connectivity index (χ1v) is 15.9. The molecule has 2 heterocycles. The van der Waals surface area contributed by atoms with E-state index in [1.807, 2.05) is 36.4 Å². The van der Waals surface area contributed by atoms with Crippen molar-refractivity contribution in [3.63, 3.8) is 0 Å². The van der Waals surface area contributed by atoms with E-state index in [4.69, 9.17) is 4.74 Å². The molecule has 0 aromatic heterocycles. The fourth-order valence-electron chi connectivity index (χ4n) is 4.28. The maximum absolute atomic E-state index is 11.2. The fourth-order valence-corrected chi connectivity index (χ4v) is 6.37. The van der Waals surface area contributed by atoms with Crippen LogP contribution in [-0.4, -0.2) is 68.8 Å². The first kappa shape index (κ1) is 26.5. The van der Waals surface area contributed by atoms with Gasteiger partial charge in [-0.2, -0.15) is 0 Å². The topological polar surface area (TPSA) is 49.9 Å². The zero-order valence-electron chi connectivity index (χ0n) is 21.3. The summed E-state index contributed by atoms with van der Waals surface area (Å²) in [6.45, 7) is 16.3. The van der Waals surface area contributed by atoms with E-state index in [-0.39, 0.29) is 11.6 Å². The molecule has 0 spiro atoms. The molecule has 0 bridgehead atoms. The molecule has 0 amide bonds. The van der Waals surface area contributed by atoms with Gasteiger partial charge in [0.15, 0.2) is 11.6 Å². The first-order chi connectivity index (χ1) is 16.2. The minimum Gasteiger partial charge on any atom is -0.379 e. The number of ether oxygens (including phenoxy) is 1. The summed E-state index contributed by atoms with van der Waals surface area (Å²) < 4.78 is 5.30. The van der Waals surface area contributed by atoms with Crippen molar-refractivity contribution in [2.45, 2.75) is 52.1 Å². The van der Waals surface area contributed by atoms with Gasteiger partial charge in [0, 0.05) is 45.4 Å². The minimum atomic E-state index is -0.860. The molecule has 0 N–H and O–H groups in total. The Morgan fingerprint density at radius 2 is 1.09 bits per heavy atom. The predicted octanol–water partition coefficient (Wildman–Crippen LogP) is 5.13. The Hall–Kier alpha value is -2.12. The summed E-state index contributed by atoms with van der Waals surface area (Å²) in [6.07, 6.45) is 0. The molecular formula is C28H40N2O3Si. The Bertz CT molecular complexity index is 925. The van der Waals surface area contributed by atoms with E-state index >= 15 is 0 Å². The standard InChI is InChI=1S/C15H23NOSi.C13H17NO2/c1-13(17)15-6-4-14(5-7-15)12-16-8-10-18(2,3)11-9-16;1-11(15)13-4-2-12(3-5-13)10-14-6-8-16-9-7-14/h4-7H,8-12H2,1-3H3;2-5H,6-10H2,1H3. The maximum atomic E-state index is 11.2. The Morgan fingerprint density at radius 3 is 1.47 bits per heavy atom. The van der Waals surface area contributed by atoms with Crippen molar-refractivity contribution in [2.75, 3.05) is 39.4 Å². The van der Waals surface area contributed by atoms with Crippen LogP contribution in [0.25, 0.3) is 0 Å². The van der Waals surface area contributed by atoms with Gasteiger partial charge >= 0.3 is 0 Å². The Morgan fingerprint density at radius 1 is 0.706 bits per heavy atom. The Kier molecular flexibility index (Phi) is 9.77. The first-order valence-electron chi connectivity index (χ1n) is 12.4. The summed E-state index contributed by atoms with van der Waals surface area (Å²) >= 11 is 0. The fraction of sp³-hybridized carbons (Fsp3) is 0.500. The van der Waals surface area contributed by atoms with Gasteiger partial charge in [-0.3, -0.25) is 19.4 Å². The van der Waals surface area contributed by atoms with Crippen molar-refractivity contribution in [3.8, 4) is 0 Å². The number of ketones is 2. The minimum absolute atomic E-state index is 0.123. The highest BCUT2D eigenvalue weighted by Gasteiger charge is 2.26. The van der Waals surface area contributed by atoms with E-state index in [0.717, 1.165) is 50.5 Å². The molecule has 4 rings (SSSR count). The molecule has 34 heavy (non-hydrogen) atoms. The quantitative estimate of drug-likeness (QED) is 0.424.